The number of halogens is 1. The maximum Gasteiger partial charge on any atom is 0.253 e. The van der Waals surface area contributed by atoms with Crippen LogP contribution in [0.4, 0.5) is 4.39 Å². The molecule has 7 nitrogen and oxygen atoms in total. The number of ether oxygens (including phenoxy) is 1. The number of aryl methyl sites for hydroxylation is 1. The van der Waals surface area contributed by atoms with E-state index in [1.54, 1.807) is 30.0 Å². The predicted octanol–water partition coefficient (Wildman–Crippen LogP) is 4.26. The van der Waals surface area contributed by atoms with Crippen LogP contribution in [0.1, 0.15) is 34.1 Å². The van der Waals surface area contributed by atoms with Crippen LogP contribution in [0.15, 0.2) is 42.5 Å². The molecule has 0 saturated carbocycles. The molecule has 32 heavy (non-hydrogen) atoms. The van der Waals surface area contributed by atoms with Crippen LogP contribution in [-0.2, 0) is 7.05 Å². The molecule has 0 radical (unpaired) electrons. The average molecular weight is 452 g/mol. The molecule has 2 aromatic carbocycles. The van der Waals surface area contributed by atoms with Gasteiger partial charge in [-0.3, -0.25) is 4.79 Å². The molecule has 5 rings (SSSR count). The van der Waals surface area contributed by atoms with Crippen LogP contribution in [0.5, 0.6) is 5.88 Å². The number of benzene rings is 2. The first-order valence-corrected chi connectivity index (χ1v) is 11.2. The summed E-state index contributed by atoms with van der Waals surface area (Å²) in [5.74, 6) is 0.417. The largest absolute Gasteiger partial charge is 0.481 e. The fourth-order valence-corrected chi connectivity index (χ4v) is 5.24. The molecule has 9 heteroatoms. The molecule has 0 N–H and O–H groups in total. The number of methoxy groups -OCH3 is 1. The van der Waals surface area contributed by atoms with Crippen molar-refractivity contribution in [2.45, 2.75) is 18.8 Å². The van der Waals surface area contributed by atoms with Crippen molar-refractivity contribution in [3.05, 3.63) is 58.9 Å². The zero-order valence-corrected chi connectivity index (χ0v) is 18.6. The van der Waals surface area contributed by atoms with Gasteiger partial charge in [0.15, 0.2) is 5.01 Å². The summed E-state index contributed by atoms with van der Waals surface area (Å²) in [5, 5.41) is 15.3. The highest BCUT2D eigenvalue weighted by Crippen LogP contribution is 2.34. The first-order chi connectivity index (χ1) is 15.5. The van der Waals surface area contributed by atoms with E-state index in [4.69, 9.17) is 4.74 Å². The highest BCUT2D eigenvalue weighted by Gasteiger charge is 2.28. The Hall–Kier alpha value is -3.33. The molecule has 2 aromatic heterocycles. The normalized spacial score (nSPS) is 16.5. The minimum Gasteiger partial charge on any atom is -0.481 e. The maximum absolute atomic E-state index is 14.1. The third-order valence-electron chi connectivity index (χ3n) is 5.82. The molecule has 1 atom stereocenters. The van der Waals surface area contributed by atoms with Crippen molar-refractivity contribution >= 4 is 28.1 Å². The lowest BCUT2D eigenvalue weighted by molar-refractivity contribution is 0.0707. The van der Waals surface area contributed by atoms with Crippen LogP contribution in [0.3, 0.4) is 0 Å². The monoisotopic (exact) mass is 451 g/mol. The van der Waals surface area contributed by atoms with Crippen LogP contribution >= 0.6 is 11.3 Å². The Morgan fingerprint density at radius 1 is 1.22 bits per heavy atom. The average Bonchev–Trinajstić information content (AvgIpc) is 3.42. The minimum atomic E-state index is -0.308. The van der Waals surface area contributed by atoms with Crippen molar-refractivity contribution in [2.24, 2.45) is 7.05 Å². The molecule has 0 bridgehead atoms. The number of carbonyl (C=O) groups excluding carboxylic acids is 1. The lowest BCUT2D eigenvalue weighted by Gasteiger charge is -2.31. The van der Waals surface area contributed by atoms with Gasteiger partial charge in [-0.05, 0) is 43.2 Å². The number of carbonyl (C=O) groups is 1. The van der Waals surface area contributed by atoms with E-state index in [9.17, 15) is 9.18 Å². The lowest BCUT2D eigenvalue weighted by atomic mass is 9.98. The van der Waals surface area contributed by atoms with Gasteiger partial charge >= 0.3 is 0 Å². The lowest BCUT2D eigenvalue weighted by Crippen LogP contribution is -2.39. The van der Waals surface area contributed by atoms with E-state index in [1.165, 1.54) is 17.4 Å². The Morgan fingerprint density at radius 2 is 2.06 bits per heavy atom. The molecular weight excluding hydrogens is 429 g/mol. The van der Waals surface area contributed by atoms with E-state index >= 15 is 0 Å². The quantitative estimate of drug-likeness (QED) is 0.464. The molecule has 0 aliphatic carbocycles. The number of fused-ring (bicyclic) bond motifs is 1. The molecule has 1 fully saturated rings. The second-order valence-corrected chi connectivity index (χ2v) is 8.89. The van der Waals surface area contributed by atoms with Crippen molar-refractivity contribution in [1.82, 2.24) is 24.9 Å². The molecule has 1 unspecified atom stereocenters. The van der Waals surface area contributed by atoms with Gasteiger partial charge in [0.2, 0.25) is 5.88 Å². The minimum absolute atomic E-state index is 0.0277. The second-order valence-electron chi connectivity index (χ2n) is 7.88. The third kappa shape index (κ3) is 3.62. The van der Waals surface area contributed by atoms with E-state index < -0.39 is 0 Å². The summed E-state index contributed by atoms with van der Waals surface area (Å²) >= 11 is 1.40. The van der Waals surface area contributed by atoms with Crippen molar-refractivity contribution in [2.75, 3.05) is 20.2 Å². The summed E-state index contributed by atoms with van der Waals surface area (Å²) in [6, 6.07) is 12.1. The highest BCUT2D eigenvalue weighted by atomic mass is 32.1. The smallest absolute Gasteiger partial charge is 0.253 e. The fourth-order valence-electron chi connectivity index (χ4n) is 4.24. The Bertz CT molecular complexity index is 1300. The van der Waals surface area contributed by atoms with Crippen LogP contribution in [0.2, 0.25) is 0 Å². The molecule has 1 saturated heterocycles. The number of nitrogens with zero attached hydrogens (tertiary/aromatic N) is 5. The van der Waals surface area contributed by atoms with E-state index in [0.29, 0.717) is 35.1 Å². The topological polar surface area (TPSA) is 73.1 Å². The Morgan fingerprint density at radius 3 is 2.88 bits per heavy atom. The van der Waals surface area contributed by atoms with Gasteiger partial charge in [0.1, 0.15) is 10.8 Å². The molecule has 0 spiro atoms. The van der Waals surface area contributed by atoms with Crippen LogP contribution in [-0.4, -0.2) is 51.0 Å². The van der Waals surface area contributed by atoms with E-state index in [-0.39, 0.29) is 17.6 Å². The molecule has 1 aliphatic heterocycles. The SMILES string of the molecule is COc1c2ccc(C(=O)N3CCCC(c4nnc(-c5ccccc5F)s4)C3)cc2nn1C. The van der Waals surface area contributed by atoms with Crippen LogP contribution in [0, 0.1) is 5.82 Å². The first-order valence-electron chi connectivity index (χ1n) is 10.4. The molecule has 1 amide bonds. The van der Waals surface area contributed by atoms with Gasteiger partial charge in [0, 0.05) is 37.2 Å². The van der Waals surface area contributed by atoms with Gasteiger partial charge in [-0.15, -0.1) is 10.2 Å². The summed E-state index contributed by atoms with van der Waals surface area (Å²) in [6.45, 7) is 1.26. The Balaban J connectivity index is 1.36. The van der Waals surface area contributed by atoms with Crippen LogP contribution in [0.25, 0.3) is 21.5 Å². The summed E-state index contributed by atoms with van der Waals surface area (Å²) < 4.78 is 21.2. The standard InChI is InChI=1S/C23H22FN5O2S/c1-28-23(31-2)17-10-9-14(12-19(17)27-28)22(30)29-11-5-6-15(13-29)20-25-26-21(32-20)16-7-3-4-8-18(16)24/h3-4,7-10,12,15H,5-6,11,13H2,1-2H3. The predicted molar refractivity (Wildman–Crippen MR) is 120 cm³/mol. The van der Waals surface area contributed by atoms with Gasteiger partial charge < -0.3 is 9.64 Å². The maximum atomic E-state index is 14.1. The zero-order chi connectivity index (χ0) is 22.2. The second kappa shape index (κ2) is 8.31. The summed E-state index contributed by atoms with van der Waals surface area (Å²) in [7, 11) is 3.42. The summed E-state index contributed by atoms with van der Waals surface area (Å²) in [6.07, 6.45) is 1.80. The van der Waals surface area contributed by atoms with E-state index in [0.717, 1.165) is 28.8 Å². The van der Waals surface area contributed by atoms with Crippen molar-refractivity contribution in [3.63, 3.8) is 0 Å². The number of amides is 1. The molecule has 164 valence electrons. The Kier molecular flexibility index (Phi) is 5.34. The van der Waals surface area contributed by atoms with Gasteiger partial charge in [-0.25, -0.2) is 9.07 Å². The van der Waals surface area contributed by atoms with E-state index in [1.807, 2.05) is 30.1 Å². The zero-order valence-electron chi connectivity index (χ0n) is 17.8. The van der Waals surface area contributed by atoms with E-state index in [2.05, 4.69) is 15.3 Å². The van der Waals surface area contributed by atoms with Crippen molar-refractivity contribution < 1.29 is 13.9 Å². The van der Waals surface area contributed by atoms with Crippen LogP contribution < -0.4 is 4.74 Å². The molecular formula is C23H22FN5O2S. The molecule has 1 aliphatic rings. The number of hydrogen-bond acceptors (Lipinski definition) is 6. The third-order valence-corrected chi connectivity index (χ3v) is 6.94. The summed E-state index contributed by atoms with van der Waals surface area (Å²) in [4.78, 5) is 15.1. The number of aromatic nitrogens is 4. The number of likely N-dealkylation sites (tertiary alicyclic amines) is 1. The molecule has 3 heterocycles. The highest BCUT2D eigenvalue weighted by molar-refractivity contribution is 7.14. The summed E-state index contributed by atoms with van der Waals surface area (Å²) in [5.41, 5.74) is 1.78. The van der Waals surface area contributed by atoms with Crippen molar-refractivity contribution in [3.8, 4) is 16.5 Å². The fraction of sp³-hybridized carbons (Fsp3) is 0.304. The molecule has 4 aromatic rings. The van der Waals surface area contributed by atoms with Gasteiger partial charge in [-0.2, -0.15) is 5.10 Å². The number of piperidine rings is 1. The number of rotatable bonds is 4. The first kappa shape index (κ1) is 20.6. The van der Waals surface area contributed by atoms with Crippen molar-refractivity contribution in [1.29, 1.82) is 0 Å². The van der Waals surface area contributed by atoms with Gasteiger partial charge in [0.25, 0.3) is 5.91 Å². The Labute approximate surface area is 188 Å². The van der Waals surface area contributed by atoms with Gasteiger partial charge in [-0.1, -0.05) is 23.5 Å². The number of hydrogen-bond donors (Lipinski definition) is 0. The van der Waals surface area contributed by atoms with Gasteiger partial charge in [0.05, 0.1) is 18.0 Å².